The summed E-state index contributed by atoms with van der Waals surface area (Å²) in [6.45, 7) is 5.92. The number of hydrogen-bond acceptors (Lipinski definition) is 2. The highest BCUT2D eigenvalue weighted by Gasteiger charge is 2.18. The molecule has 16 heavy (non-hydrogen) atoms. The SMILES string of the molecule is COC(=O)c1c(C)[nH]c2c(C)ccc(C)c12. The molecule has 0 saturated heterocycles. The highest BCUT2D eigenvalue weighted by Crippen LogP contribution is 2.28. The molecule has 0 spiro atoms. The quantitative estimate of drug-likeness (QED) is 0.746. The van der Waals surface area contributed by atoms with Crippen molar-refractivity contribution < 1.29 is 9.53 Å². The molecule has 1 aromatic heterocycles. The molecule has 0 radical (unpaired) electrons. The van der Waals surface area contributed by atoms with E-state index in [0.29, 0.717) is 5.56 Å². The zero-order valence-electron chi connectivity index (χ0n) is 9.97. The Kier molecular flexibility index (Phi) is 2.46. The number of hydrogen-bond donors (Lipinski definition) is 1. The van der Waals surface area contributed by atoms with Gasteiger partial charge in [-0.05, 0) is 31.9 Å². The maximum atomic E-state index is 11.7. The number of carbonyl (C=O) groups is 1. The Hall–Kier alpha value is -1.77. The lowest BCUT2D eigenvalue weighted by Crippen LogP contribution is -2.02. The van der Waals surface area contributed by atoms with Crippen LogP contribution in [0, 0.1) is 20.8 Å². The van der Waals surface area contributed by atoms with Crippen LogP contribution in [-0.4, -0.2) is 18.1 Å². The minimum Gasteiger partial charge on any atom is -0.465 e. The van der Waals surface area contributed by atoms with E-state index in [9.17, 15) is 4.79 Å². The Balaban J connectivity index is 2.88. The number of nitrogens with one attached hydrogen (secondary N) is 1. The molecule has 84 valence electrons. The summed E-state index contributed by atoms with van der Waals surface area (Å²) in [4.78, 5) is 15.0. The van der Waals surface area contributed by atoms with Gasteiger partial charge < -0.3 is 9.72 Å². The molecule has 0 bridgehead atoms. The number of aryl methyl sites for hydroxylation is 3. The van der Waals surface area contributed by atoms with Gasteiger partial charge in [0.1, 0.15) is 0 Å². The van der Waals surface area contributed by atoms with E-state index in [1.165, 1.54) is 7.11 Å². The van der Waals surface area contributed by atoms with E-state index >= 15 is 0 Å². The van der Waals surface area contributed by atoms with Crippen molar-refractivity contribution in [1.82, 2.24) is 4.98 Å². The van der Waals surface area contributed by atoms with Gasteiger partial charge in [-0.15, -0.1) is 0 Å². The molecule has 2 aromatic rings. The van der Waals surface area contributed by atoms with Crippen molar-refractivity contribution in [3.05, 3.63) is 34.5 Å². The van der Waals surface area contributed by atoms with Crippen LogP contribution in [0.2, 0.25) is 0 Å². The van der Waals surface area contributed by atoms with E-state index < -0.39 is 0 Å². The molecule has 0 aliphatic heterocycles. The summed E-state index contributed by atoms with van der Waals surface area (Å²) in [5.41, 5.74) is 4.76. The second kappa shape index (κ2) is 3.67. The highest BCUT2D eigenvalue weighted by molar-refractivity contribution is 6.07. The zero-order valence-corrected chi connectivity index (χ0v) is 9.97. The van der Waals surface area contributed by atoms with Crippen LogP contribution < -0.4 is 0 Å². The molecule has 0 unspecified atom stereocenters. The molecule has 2 rings (SSSR count). The molecular weight excluding hydrogens is 202 g/mol. The third-order valence-electron chi connectivity index (χ3n) is 2.95. The Morgan fingerprint density at radius 2 is 1.81 bits per heavy atom. The van der Waals surface area contributed by atoms with Gasteiger partial charge >= 0.3 is 5.97 Å². The molecule has 1 N–H and O–H groups in total. The molecule has 0 amide bonds. The van der Waals surface area contributed by atoms with Crippen LogP contribution in [0.15, 0.2) is 12.1 Å². The van der Waals surface area contributed by atoms with Crippen molar-refractivity contribution in [3.63, 3.8) is 0 Å². The Bertz CT molecular complexity index is 567. The van der Waals surface area contributed by atoms with Crippen LogP contribution in [0.25, 0.3) is 10.9 Å². The van der Waals surface area contributed by atoms with Gasteiger partial charge in [-0.25, -0.2) is 4.79 Å². The fraction of sp³-hybridized carbons (Fsp3) is 0.308. The molecule has 1 aromatic carbocycles. The van der Waals surface area contributed by atoms with Gasteiger partial charge in [-0.2, -0.15) is 0 Å². The van der Waals surface area contributed by atoms with Gasteiger partial charge in [0.05, 0.1) is 12.7 Å². The number of H-pyrrole nitrogens is 1. The van der Waals surface area contributed by atoms with Crippen LogP contribution in [0.4, 0.5) is 0 Å². The monoisotopic (exact) mass is 217 g/mol. The predicted molar refractivity (Wildman–Crippen MR) is 63.8 cm³/mol. The summed E-state index contributed by atoms with van der Waals surface area (Å²) < 4.78 is 4.82. The summed E-state index contributed by atoms with van der Waals surface area (Å²) in [5.74, 6) is -0.280. The third kappa shape index (κ3) is 1.40. The molecule has 0 aliphatic rings. The molecule has 3 heteroatoms. The van der Waals surface area contributed by atoms with Crippen LogP contribution in [0.3, 0.4) is 0 Å². The first kappa shape index (κ1) is 10.7. The van der Waals surface area contributed by atoms with Crippen molar-refractivity contribution in [3.8, 4) is 0 Å². The molecule has 1 heterocycles. The lowest BCUT2D eigenvalue weighted by atomic mass is 10.0. The third-order valence-corrected chi connectivity index (χ3v) is 2.95. The van der Waals surface area contributed by atoms with Crippen molar-refractivity contribution >= 4 is 16.9 Å². The fourth-order valence-electron chi connectivity index (χ4n) is 2.09. The van der Waals surface area contributed by atoms with Crippen LogP contribution in [-0.2, 0) is 4.74 Å². The summed E-state index contributed by atoms with van der Waals surface area (Å²) in [7, 11) is 1.41. The Labute approximate surface area is 94.4 Å². The van der Waals surface area contributed by atoms with E-state index in [4.69, 9.17) is 4.74 Å². The van der Waals surface area contributed by atoms with E-state index in [2.05, 4.69) is 11.1 Å². The molecule has 0 atom stereocenters. The number of aromatic amines is 1. The van der Waals surface area contributed by atoms with E-state index in [0.717, 1.165) is 27.7 Å². The minimum atomic E-state index is -0.280. The van der Waals surface area contributed by atoms with Crippen molar-refractivity contribution in [1.29, 1.82) is 0 Å². The molecule has 0 aliphatic carbocycles. The summed E-state index contributed by atoms with van der Waals surface area (Å²) >= 11 is 0. The number of benzene rings is 1. The van der Waals surface area contributed by atoms with Gasteiger partial charge in [0.15, 0.2) is 0 Å². The van der Waals surface area contributed by atoms with Crippen molar-refractivity contribution in [2.45, 2.75) is 20.8 Å². The largest absolute Gasteiger partial charge is 0.465 e. The first-order valence-electron chi connectivity index (χ1n) is 5.23. The molecular formula is C13H15NO2. The van der Waals surface area contributed by atoms with Gasteiger partial charge in [-0.1, -0.05) is 12.1 Å². The lowest BCUT2D eigenvalue weighted by molar-refractivity contribution is 0.0602. The highest BCUT2D eigenvalue weighted by atomic mass is 16.5. The standard InChI is InChI=1S/C13H15NO2/c1-7-5-6-8(2)12-10(7)11(9(3)14-12)13(15)16-4/h5-6,14H,1-4H3. The number of aromatic nitrogens is 1. The van der Waals surface area contributed by atoms with Gasteiger partial charge in [-0.3, -0.25) is 0 Å². The Morgan fingerprint density at radius 3 is 2.44 bits per heavy atom. The summed E-state index contributed by atoms with van der Waals surface area (Å²) in [5, 5.41) is 0.976. The molecule has 0 fully saturated rings. The number of fused-ring (bicyclic) bond motifs is 1. The van der Waals surface area contributed by atoms with Crippen molar-refractivity contribution in [2.75, 3.05) is 7.11 Å². The van der Waals surface area contributed by atoms with E-state index in [-0.39, 0.29) is 5.97 Å². The van der Waals surface area contributed by atoms with Gasteiger partial charge in [0.25, 0.3) is 0 Å². The van der Waals surface area contributed by atoms with E-state index in [1.807, 2.05) is 26.8 Å². The maximum absolute atomic E-state index is 11.7. The maximum Gasteiger partial charge on any atom is 0.340 e. The molecule has 3 nitrogen and oxygen atoms in total. The lowest BCUT2D eigenvalue weighted by Gasteiger charge is -2.02. The van der Waals surface area contributed by atoms with Crippen LogP contribution >= 0.6 is 0 Å². The average molecular weight is 217 g/mol. The predicted octanol–water partition coefficient (Wildman–Crippen LogP) is 2.88. The number of esters is 1. The second-order valence-corrected chi connectivity index (χ2v) is 4.07. The zero-order chi connectivity index (χ0) is 11.9. The Morgan fingerprint density at radius 1 is 1.19 bits per heavy atom. The number of rotatable bonds is 1. The smallest absolute Gasteiger partial charge is 0.340 e. The van der Waals surface area contributed by atoms with Gasteiger partial charge in [0.2, 0.25) is 0 Å². The normalized spacial score (nSPS) is 10.8. The minimum absolute atomic E-state index is 0.280. The van der Waals surface area contributed by atoms with Crippen LogP contribution in [0.5, 0.6) is 0 Å². The number of carbonyl (C=O) groups excluding carboxylic acids is 1. The summed E-state index contributed by atoms with van der Waals surface area (Å²) in [6.07, 6.45) is 0. The first-order chi connectivity index (χ1) is 7.56. The first-order valence-corrected chi connectivity index (χ1v) is 5.23. The number of ether oxygens (including phenoxy) is 1. The molecule has 0 saturated carbocycles. The van der Waals surface area contributed by atoms with Crippen LogP contribution in [0.1, 0.15) is 27.2 Å². The summed E-state index contributed by atoms with van der Waals surface area (Å²) in [6, 6.07) is 4.08. The van der Waals surface area contributed by atoms with Gasteiger partial charge in [0, 0.05) is 16.6 Å². The van der Waals surface area contributed by atoms with E-state index in [1.54, 1.807) is 0 Å². The average Bonchev–Trinajstić information content (AvgIpc) is 2.61. The van der Waals surface area contributed by atoms with Crippen molar-refractivity contribution in [2.24, 2.45) is 0 Å². The fourth-order valence-corrected chi connectivity index (χ4v) is 2.09. The number of methoxy groups -OCH3 is 1. The topological polar surface area (TPSA) is 42.1 Å². The second-order valence-electron chi connectivity index (χ2n) is 4.07.